The second-order valence-corrected chi connectivity index (χ2v) is 7.44. The molecule has 1 aliphatic rings. The van der Waals surface area contributed by atoms with Crippen molar-refractivity contribution in [3.8, 4) is 0 Å². The average molecular weight is 297 g/mol. The summed E-state index contributed by atoms with van der Waals surface area (Å²) >= 11 is 0. The van der Waals surface area contributed by atoms with Crippen LogP contribution in [0.2, 0.25) is 0 Å². The van der Waals surface area contributed by atoms with Crippen LogP contribution in [0, 0.1) is 11.3 Å². The minimum atomic E-state index is -0.00951. The Balaban J connectivity index is 2.01. The van der Waals surface area contributed by atoms with Crippen molar-refractivity contribution >= 4 is 0 Å². The molecule has 1 saturated carbocycles. The second kappa shape index (κ2) is 5.86. The van der Waals surface area contributed by atoms with Gasteiger partial charge >= 0.3 is 0 Å². The molecule has 1 aliphatic carbocycles. The van der Waals surface area contributed by atoms with E-state index in [4.69, 9.17) is 0 Å². The van der Waals surface area contributed by atoms with Crippen molar-refractivity contribution in [1.82, 2.24) is 15.2 Å². The molecule has 0 bridgehead atoms. The number of aromatic nitrogens is 3. The molecule has 0 aliphatic heterocycles. The second-order valence-electron chi connectivity index (χ2n) is 7.44. The zero-order chi connectivity index (χ0) is 15.6. The molecule has 1 fully saturated rings. The van der Waals surface area contributed by atoms with Gasteiger partial charge in [-0.2, -0.15) is 5.10 Å². The van der Waals surface area contributed by atoms with Crippen LogP contribution in [0.25, 0.3) is 0 Å². The van der Waals surface area contributed by atoms with Gasteiger partial charge in [0.2, 0.25) is 0 Å². The zero-order valence-electron chi connectivity index (χ0n) is 14.0. The fourth-order valence-electron chi connectivity index (χ4n) is 3.98. The van der Waals surface area contributed by atoms with Gasteiger partial charge < -0.3 is 0 Å². The van der Waals surface area contributed by atoms with Crippen LogP contribution in [0.3, 0.4) is 0 Å². The topological polar surface area (TPSA) is 41.6 Å². The molecule has 0 spiro atoms. The number of hydrogen-bond donors (Lipinski definition) is 1. The summed E-state index contributed by atoms with van der Waals surface area (Å²) in [6.07, 6.45) is 7.71. The van der Waals surface area contributed by atoms with Gasteiger partial charge in [0, 0.05) is 0 Å². The van der Waals surface area contributed by atoms with Crippen LogP contribution in [0.15, 0.2) is 36.7 Å². The third-order valence-corrected chi connectivity index (χ3v) is 6.06. The molecule has 1 heterocycles. The van der Waals surface area contributed by atoms with Gasteiger partial charge in [-0.25, -0.2) is 4.98 Å². The molecule has 0 saturated heterocycles. The lowest BCUT2D eigenvalue weighted by atomic mass is 9.70. The van der Waals surface area contributed by atoms with E-state index in [1.807, 2.05) is 0 Å². The third kappa shape index (κ3) is 2.57. The first-order valence-corrected chi connectivity index (χ1v) is 8.48. The Morgan fingerprint density at radius 2 is 1.82 bits per heavy atom. The van der Waals surface area contributed by atoms with Gasteiger partial charge in [0.15, 0.2) is 0 Å². The summed E-state index contributed by atoms with van der Waals surface area (Å²) < 4.78 is 0. The lowest BCUT2D eigenvalue weighted by Gasteiger charge is -2.35. The van der Waals surface area contributed by atoms with Crippen LogP contribution >= 0.6 is 0 Å². The number of H-pyrrole nitrogens is 1. The Morgan fingerprint density at radius 3 is 2.45 bits per heavy atom. The van der Waals surface area contributed by atoms with E-state index in [2.05, 4.69) is 66.3 Å². The highest BCUT2D eigenvalue weighted by Gasteiger charge is 2.42. The normalized spacial score (nSPS) is 29.5. The van der Waals surface area contributed by atoms with Crippen molar-refractivity contribution in [2.45, 2.75) is 58.3 Å². The summed E-state index contributed by atoms with van der Waals surface area (Å²) in [7, 11) is 0. The van der Waals surface area contributed by atoms with E-state index >= 15 is 0 Å². The van der Waals surface area contributed by atoms with E-state index in [0.29, 0.717) is 11.3 Å². The monoisotopic (exact) mass is 297 g/mol. The maximum absolute atomic E-state index is 4.56. The van der Waals surface area contributed by atoms with Gasteiger partial charge in [0.25, 0.3) is 0 Å². The lowest BCUT2D eigenvalue weighted by Crippen LogP contribution is -2.30. The number of nitrogens with zero attached hydrogens (tertiary/aromatic N) is 2. The predicted molar refractivity (Wildman–Crippen MR) is 89.6 cm³/mol. The molecular formula is C19H27N3. The standard InChI is InChI=1S/C19H27N3/c1-15(2)18(3)10-7-11-19(13-12-18,17-20-14-21-22-17)16-8-5-4-6-9-16/h4-6,8-9,14-15H,7,10-13H2,1-3H3,(H,20,21,22). The summed E-state index contributed by atoms with van der Waals surface area (Å²) in [6.45, 7) is 7.19. The van der Waals surface area contributed by atoms with Crippen LogP contribution in [0.5, 0.6) is 0 Å². The van der Waals surface area contributed by atoms with Crippen molar-refractivity contribution in [2.75, 3.05) is 0 Å². The number of benzene rings is 1. The van der Waals surface area contributed by atoms with Crippen LogP contribution in [-0.4, -0.2) is 15.2 Å². The van der Waals surface area contributed by atoms with Gasteiger partial charge in [-0.3, -0.25) is 5.10 Å². The van der Waals surface area contributed by atoms with Gasteiger partial charge in [-0.1, -0.05) is 57.5 Å². The molecule has 0 amide bonds. The fraction of sp³-hybridized carbons (Fsp3) is 0.579. The molecule has 3 heteroatoms. The first-order chi connectivity index (χ1) is 10.6. The highest BCUT2D eigenvalue weighted by molar-refractivity contribution is 5.33. The Morgan fingerprint density at radius 1 is 1.05 bits per heavy atom. The van der Waals surface area contributed by atoms with Gasteiger partial charge in [0.05, 0.1) is 5.41 Å². The molecule has 2 aromatic rings. The van der Waals surface area contributed by atoms with Crippen LogP contribution in [-0.2, 0) is 5.41 Å². The third-order valence-electron chi connectivity index (χ3n) is 6.06. The van der Waals surface area contributed by atoms with Crippen LogP contribution < -0.4 is 0 Å². The minimum Gasteiger partial charge on any atom is -0.263 e. The lowest BCUT2D eigenvalue weighted by molar-refractivity contribution is 0.182. The quantitative estimate of drug-likeness (QED) is 0.833. The summed E-state index contributed by atoms with van der Waals surface area (Å²) in [6, 6.07) is 10.9. The first-order valence-electron chi connectivity index (χ1n) is 8.48. The van der Waals surface area contributed by atoms with E-state index in [9.17, 15) is 0 Å². The molecule has 0 radical (unpaired) electrons. The van der Waals surface area contributed by atoms with Crippen molar-refractivity contribution in [1.29, 1.82) is 0 Å². The smallest absolute Gasteiger partial charge is 0.137 e. The molecule has 3 nitrogen and oxygen atoms in total. The SMILES string of the molecule is CC(C)C1(C)CCCC(c2ccccc2)(c2ncn[nH]2)CC1. The molecule has 2 unspecified atom stereocenters. The molecule has 1 aromatic carbocycles. The van der Waals surface area contributed by atoms with Crippen molar-refractivity contribution in [3.05, 3.63) is 48.0 Å². The van der Waals surface area contributed by atoms with Gasteiger partial charge in [0.1, 0.15) is 12.2 Å². The van der Waals surface area contributed by atoms with Crippen LogP contribution in [0.4, 0.5) is 0 Å². The minimum absolute atomic E-state index is 0.00951. The van der Waals surface area contributed by atoms with E-state index in [-0.39, 0.29) is 5.41 Å². The number of nitrogens with one attached hydrogen (secondary N) is 1. The highest BCUT2D eigenvalue weighted by Crippen LogP contribution is 2.49. The molecule has 22 heavy (non-hydrogen) atoms. The average Bonchev–Trinajstić information content (AvgIpc) is 3.00. The number of rotatable bonds is 3. The Bertz CT molecular complexity index is 590. The number of aromatic amines is 1. The van der Waals surface area contributed by atoms with Crippen molar-refractivity contribution in [2.24, 2.45) is 11.3 Å². The molecule has 3 rings (SSSR count). The largest absolute Gasteiger partial charge is 0.263 e. The summed E-state index contributed by atoms with van der Waals surface area (Å²) in [5.41, 5.74) is 1.79. The first kappa shape index (κ1) is 15.3. The Labute approximate surface area is 133 Å². The molecule has 2 atom stereocenters. The maximum Gasteiger partial charge on any atom is 0.137 e. The molecular weight excluding hydrogens is 270 g/mol. The summed E-state index contributed by atoms with van der Waals surface area (Å²) in [4.78, 5) is 4.56. The molecule has 118 valence electrons. The highest BCUT2D eigenvalue weighted by atomic mass is 15.2. The van der Waals surface area contributed by atoms with E-state index in [0.717, 1.165) is 18.7 Å². The van der Waals surface area contributed by atoms with Gasteiger partial charge in [-0.05, 0) is 42.6 Å². The fourth-order valence-corrected chi connectivity index (χ4v) is 3.98. The van der Waals surface area contributed by atoms with E-state index < -0.39 is 0 Å². The van der Waals surface area contributed by atoms with E-state index in [1.54, 1.807) is 6.33 Å². The molecule has 1 aromatic heterocycles. The number of hydrogen-bond acceptors (Lipinski definition) is 2. The van der Waals surface area contributed by atoms with E-state index in [1.165, 1.54) is 24.8 Å². The molecule has 1 N–H and O–H groups in total. The van der Waals surface area contributed by atoms with Crippen molar-refractivity contribution in [3.63, 3.8) is 0 Å². The summed E-state index contributed by atoms with van der Waals surface area (Å²) in [5, 5.41) is 7.30. The Kier molecular flexibility index (Phi) is 4.07. The predicted octanol–water partition coefficient (Wildman–Crippen LogP) is 4.72. The van der Waals surface area contributed by atoms with Crippen molar-refractivity contribution < 1.29 is 0 Å². The Hall–Kier alpha value is -1.64. The van der Waals surface area contributed by atoms with Gasteiger partial charge in [-0.15, -0.1) is 0 Å². The zero-order valence-corrected chi connectivity index (χ0v) is 14.0. The summed E-state index contributed by atoms with van der Waals surface area (Å²) in [5.74, 6) is 1.75. The maximum atomic E-state index is 4.56. The van der Waals surface area contributed by atoms with Crippen LogP contribution in [0.1, 0.15) is 64.3 Å².